The summed E-state index contributed by atoms with van der Waals surface area (Å²) < 4.78 is 1.90. The van der Waals surface area contributed by atoms with Crippen molar-refractivity contribution in [2.45, 2.75) is 65.5 Å². The van der Waals surface area contributed by atoms with Gasteiger partial charge in [-0.25, -0.2) is 9.67 Å². The van der Waals surface area contributed by atoms with E-state index in [9.17, 15) is 4.79 Å². The largest absolute Gasteiger partial charge is 0.336 e. The maximum Gasteiger partial charge on any atom is 0.254 e. The number of aromatic nitrogens is 3. The zero-order chi connectivity index (χ0) is 16.6. The first-order valence-corrected chi connectivity index (χ1v) is 8.68. The van der Waals surface area contributed by atoms with E-state index in [1.165, 1.54) is 6.42 Å². The van der Waals surface area contributed by atoms with Crippen molar-refractivity contribution in [2.24, 2.45) is 0 Å². The first-order valence-electron chi connectivity index (χ1n) is 8.68. The normalized spacial score (nSPS) is 18.8. The molecule has 3 heterocycles. The average Bonchev–Trinajstić information content (AvgIpc) is 2.97. The molecule has 0 saturated carbocycles. The zero-order valence-electron chi connectivity index (χ0n) is 14.5. The van der Waals surface area contributed by atoms with E-state index in [2.05, 4.69) is 35.8 Å². The number of piperidine rings is 1. The van der Waals surface area contributed by atoms with E-state index in [0.29, 0.717) is 6.04 Å². The van der Waals surface area contributed by atoms with Gasteiger partial charge in [-0.1, -0.05) is 6.92 Å². The molecule has 5 nitrogen and oxygen atoms in total. The van der Waals surface area contributed by atoms with Crippen molar-refractivity contribution in [3.8, 4) is 0 Å². The fourth-order valence-electron chi connectivity index (χ4n) is 3.55. The fourth-order valence-corrected chi connectivity index (χ4v) is 3.55. The molecule has 1 amide bonds. The average molecular weight is 314 g/mol. The van der Waals surface area contributed by atoms with Gasteiger partial charge >= 0.3 is 0 Å². The molecule has 1 unspecified atom stereocenters. The smallest absolute Gasteiger partial charge is 0.254 e. The molecule has 0 aromatic carbocycles. The second-order valence-electron chi connectivity index (χ2n) is 6.79. The highest BCUT2D eigenvalue weighted by Gasteiger charge is 2.28. The van der Waals surface area contributed by atoms with Crippen LogP contribution in [-0.4, -0.2) is 38.2 Å². The van der Waals surface area contributed by atoms with Crippen LogP contribution in [0.25, 0.3) is 11.0 Å². The zero-order valence-corrected chi connectivity index (χ0v) is 14.5. The van der Waals surface area contributed by atoms with Crippen molar-refractivity contribution in [2.75, 3.05) is 6.54 Å². The van der Waals surface area contributed by atoms with Gasteiger partial charge in [-0.05, 0) is 52.5 Å². The molecule has 1 saturated heterocycles. The van der Waals surface area contributed by atoms with E-state index in [-0.39, 0.29) is 11.9 Å². The summed E-state index contributed by atoms with van der Waals surface area (Å²) in [5, 5.41) is 5.32. The Labute approximate surface area is 137 Å². The Morgan fingerprint density at radius 3 is 2.87 bits per heavy atom. The topological polar surface area (TPSA) is 51.0 Å². The van der Waals surface area contributed by atoms with E-state index in [1.807, 2.05) is 17.7 Å². The molecule has 1 atom stereocenters. The maximum absolute atomic E-state index is 13.2. The molecular weight excluding hydrogens is 288 g/mol. The summed E-state index contributed by atoms with van der Waals surface area (Å²) in [5.74, 6) is 0.135. The monoisotopic (exact) mass is 314 g/mol. The number of carbonyl (C=O) groups excluding carboxylic acids is 1. The van der Waals surface area contributed by atoms with Crippen LogP contribution in [0.5, 0.6) is 0 Å². The molecule has 0 aliphatic carbocycles. The molecule has 2 aromatic rings. The molecule has 1 aliphatic rings. The number of likely N-dealkylation sites (tertiary alicyclic amines) is 1. The van der Waals surface area contributed by atoms with E-state index in [4.69, 9.17) is 0 Å². The van der Waals surface area contributed by atoms with Crippen molar-refractivity contribution < 1.29 is 4.79 Å². The van der Waals surface area contributed by atoms with Gasteiger partial charge in [0.05, 0.1) is 17.1 Å². The van der Waals surface area contributed by atoms with Gasteiger partial charge in [0, 0.05) is 24.3 Å². The Kier molecular flexibility index (Phi) is 4.37. The Bertz CT molecular complexity index is 719. The summed E-state index contributed by atoms with van der Waals surface area (Å²) >= 11 is 0. The van der Waals surface area contributed by atoms with Gasteiger partial charge in [0.1, 0.15) is 0 Å². The van der Waals surface area contributed by atoms with Crippen LogP contribution in [0.3, 0.4) is 0 Å². The number of nitrogens with zero attached hydrogens (tertiary/aromatic N) is 4. The van der Waals surface area contributed by atoms with Gasteiger partial charge in [-0.3, -0.25) is 4.79 Å². The molecule has 0 spiro atoms. The number of hydrogen-bond donors (Lipinski definition) is 0. The summed E-state index contributed by atoms with van der Waals surface area (Å²) in [7, 11) is 0. The lowest BCUT2D eigenvalue weighted by Crippen LogP contribution is -2.43. The second kappa shape index (κ2) is 6.30. The van der Waals surface area contributed by atoms with Crippen molar-refractivity contribution in [1.82, 2.24) is 19.7 Å². The molecule has 2 aromatic heterocycles. The van der Waals surface area contributed by atoms with Crippen LogP contribution in [0.15, 0.2) is 12.3 Å². The van der Waals surface area contributed by atoms with E-state index < -0.39 is 0 Å². The quantitative estimate of drug-likeness (QED) is 0.867. The molecular formula is C18H26N4O. The summed E-state index contributed by atoms with van der Waals surface area (Å²) in [4.78, 5) is 19.8. The summed E-state index contributed by atoms with van der Waals surface area (Å²) in [6.45, 7) is 9.13. The number of carbonyl (C=O) groups is 1. The number of rotatable bonds is 3. The van der Waals surface area contributed by atoms with E-state index in [0.717, 1.165) is 48.1 Å². The number of hydrogen-bond acceptors (Lipinski definition) is 3. The van der Waals surface area contributed by atoms with Crippen molar-refractivity contribution >= 4 is 16.9 Å². The number of amides is 1. The van der Waals surface area contributed by atoms with Gasteiger partial charge in [0.2, 0.25) is 0 Å². The minimum Gasteiger partial charge on any atom is -0.336 e. The lowest BCUT2D eigenvalue weighted by Gasteiger charge is -2.35. The van der Waals surface area contributed by atoms with Crippen LogP contribution in [0.2, 0.25) is 0 Å². The fraction of sp³-hybridized carbons (Fsp3) is 0.611. The molecule has 0 N–H and O–H groups in total. The van der Waals surface area contributed by atoms with Gasteiger partial charge < -0.3 is 4.90 Å². The highest BCUT2D eigenvalue weighted by atomic mass is 16.2. The van der Waals surface area contributed by atoms with E-state index >= 15 is 0 Å². The lowest BCUT2D eigenvalue weighted by molar-refractivity contribution is 0.0610. The Balaban J connectivity index is 2.06. The first-order chi connectivity index (χ1) is 11.0. The lowest BCUT2D eigenvalue weighted by atomic mass is 9.98. The second-order valence-corrected chi connectivity index (χ2v) is 6.79. The van der Waals surface area contributed by atoms with Crippen molar-refractivity contribution in [3.05, 3.63) is 23.5 Å². The standard InChI is InChI=1S/C18H26N4O/c1-5-14-8-6-7-9-21(14)18(23)15-10-13(4)20-17-16(15)11-19-22(17)12(2)3/h10-12,14H,5-9H2,1-4H3. The molecule has 1 fully saturated rings. The number of fused-ring (bicyclic) bond motifs is 1. The minimum atomic E-state index is 0.135. The van der Waals surface area contributed by atoms with Crippen LogP contribution < -0.4 is 0 Å². The molecule has 3 rings (SSSR count). The van der Waals surface area contributed by atoms with Crippen molar-refractivity contribution in [3.63, 3.8) is 0 Å². The third-order valence-corrected chi connectivity index (χ3v) is 4.77. The third kappa shape index (κ3) is 2.84. The predicted octanol–water partition coefficient (Wildman–Crippen LogP) is 3.73. The highest BCUT2D eigenvalue weighted by molar-refractivity contribution is 6.05. The maximum atomic E-state index is 13.2. The SMILES string of the molecule is CCC1CCCCN1C(=O)c1cc(C)nc2c1cnn2C(C)C. The first kappa shape index (κ1) is 16.0. The predicted molar refractivity (Wildman–Crippen MR) is 91.6 cm³/mol. The Morgan fingerprint density at radius 1 is 1.39 bits per heavy atom. The highest BCUT2D eigenvalue weighted by Crippen LogP contribution is 2.26. The minimum absolute atomic E-state index is 0.135. The number of pyridine rings is 1. The summed E-state index contributed by atoms with van der Waals surface area (Å²) in [6.07, 6.45) is 6.24. The molecule has 0 bridgehead atoms. The van der Waals surface area contributed by atoms with Crippen LogP contribution >= 0.6 is 0 Å². The van der Waals surface area contributed by atoms with Gasteiger partial charge in [-0.15, -0.1) is 0 Å². The molecule has 0 radical (unpaired) electrons. The van der Waals surface area contributed by atoms with Crippen LogP contribution in [0.1, 0.15) is 68.5 Å². The number of aryl methyl sites for hydroxylation is 1. The summed E-state index contributed by atoms with van der Waals surface area (Å²) in [5.41, 5.74) is 2.43. The van der Waals surface area contributed by atoms with Crippen molar-refractivity contribution in [1.29, 1.82) is 0 Å². The Hall–Kier alpha value is -1.91. The van der Waals surface area contributed by atoms with Gasteiger partial charge in [0.25, 0.3) is 5.91 Å². The van der Waals surface area contributed by atoms with Gasteiger partial charge in [-0.2, -0.15) is 5.10 Å². The van der Waals surface area contributed by atoms with Crippen LogP contribution in [-0.2, 0) is 0 Å². The molecule has 5 heteroatoms. The van der Waals surface area contributed by atoms with E-state index in [1.54, 1.807) is 6.20 Å². The molecule has 1 aliphatic heterocycles. The van der Waals surface area contributed by atoms with Crippen LogP contribution in [0, 0.1) is 6.92 Å². The van der Waals surface area contributed by atoms with Crippen LogP contribution in [0.4, 0.5) is 0 Å². The Morgan fingerprint density at radius 2 is 2.17 bits per heavy atom. The molecule has 124 valence electrons. The van der Waals surface area contributed by atoms with Gasteiger partial charge in [0.15, 0.2) is 5.65 Å². The third-order valence-electron chi connectivity index (χ3n) is 4.77. The molecule has 23 heavy (non-hydrogen) atoms. The summed E-state index contributed by atoms with van der Waals surface area (Å²) in [6, 6.07) is 2.50.